The van der Waals surface area contributed by atoms with Gasteiger partial charge in [0.1, 0.15) is 11.5 Å². The second-order valence-electron chi connectivity index (χ2n) is 7.02. The Morgan fingerprint density at radius 2 is 2.16 bits per heavy atom. The smallest absolute Gasteiger partial charge is 0.243 e. The van der Waals surface area contributed by atoms with E-state index in [4.69, 9.17) is 15.2 Å². The molecular formula is C19H23N3O3. The van der Waals surface area contributed by atoms with Gasteiger partial charge in [-0.15, -0.1) is 0 Å². The van der Waals surface area contributed by atoms with Crippen molar-refractivity contribution >= 4 is 11.6 Å². The molecule has 6 heteroatoms. The molecule has 1 aliphatic heterocycles. The number of nitrogens with zero attached hydrogens (tertiary/aromatic N) is 1. The number of amides is 1. The number of fused-ring (bicyclic) bond motifs is 1. The van der Waals surface area contributed by atoms with E-state index in [0.29, 0.717) is 17.5 Å². The molecule has 1 atom stereocenters. The molecule has 0 fully saturated rings. The lowest BCUT2D eigenvalue weighted by molar-refractivity contribution is -0.120. The summed E-state index contributed by atoms with van der Waals surface area (Å²) in [6, 6.07) is 9.22. The van der Waals surface area contributed by atoms with E-state index in [0.717, 1.165) is 30.1 Å². The van der Waals surface area contributed by atoms with Crippen LogP contribution in [0.3, 0.4) is 0 Å². The number of nitrogens with two attached hydrogens (primary N) is 1. The fraction of sp³-hybridized carbons (Fsp3) is 0.368. The molecule has 3 N–H and O–H groups in total. The highest BCUT2D eigenvalue weighted by atomic mass is 16.5. The van der Waals surface area contributed by atoms with Crippen molar-refractivity contribution in [1.82, 2.24) is 4.98 Å². The molecule has 0 saturated carbocycles. The predicted molar refractivity (Wildman–Crippen MR) is 96.0 cm³/mol. The van der Waals surface area contributed by atoms with E-state index in [1.807, 2.05) is 18.2 Å². The number of aromatic nitrogens is 1. The molecule has 3 rings (SSSR count). The van der Waals surface area contributed by atoms with Crippen molar-refractivity contribution in [3.8, 4) is 17.4 Å². The van der Waals surface area contributed by atoms with Crippen molar-refractivity contribution in [2.24, 2.45) is 11.7 Å². The topological polar surface area (TPSA) is 86.5 Å². The van der Waals surface area contributed by atoms with Gasteiger partial charge >= 0.3 is 0 Å². The van der Waals surface area contributed by atoms with Crippen molar-refractivity contribution in [3.05, 3.63) is 42.1 Å². The molecule has 0 radical (unpaired) electrons. The number of carbonyl (C=O) groups excluding carboxylic acids is 1. The van der Waals surface area contributed by atoms with Crippen molar-refractivity contribution in [1.29, 1.82) is 0 Å². The Bertz CT molecular complexity index is 766. The largest absolute Gasteiger partial charge is 0.493 e. The zero-order chi connectivity index (χ0) is 18.0. The number of ether oxygens (including phenoxy) is 2. The van der Waals surface area contributed by atoms with Gasteiger partial charge in [0.15, 0.2) is 0 Å². The Hall–Kier alpha value is -2.60. The quantitative estimate of drug-likeness (QED) is 0.892. The minimum Gasteiger partial charge on any atom is -0.493 e. The monoisotopic (exact) mass is 341 g/mol. The first kappa shape index (κ1) is 17.2. The maximum Gasteiger partial charge on any atom is 0.243 e. The maximum atomic E-state index is 11.9. The van der Waals surface area contributed by atoms with Gasteiger partial charge < -0.3 is 20.5 Å². The molecule has 132 valence electrons. The summed E-state index contributed by atoms with van der Waals surface area (Å²) >= 11 is 0. The van der Waals surface area contributed by atoms with Crippen molar-refractivity contribution < 1.29 is 14.3 Å². The van der Waals surface area contributed by atoms with E-state index >= 15 is 0 Å². The lowest BCUT2D eigenvalue weighted by Gasteiger charge is -2.24. The molecule has 25 heavy (non-hydrogen) atoms. The Morgan fingerprint density at radius 1 is 1.36 bits per heavy atom. The molecule has 0 bridgehead atoms. The molecule has 0 saturated heterocycles. The SMILES string of the molecule is CC1COc2cccc(Oc3ccc(NC(=O)C(C)(C)N)cn3)c2C1. The number of benzene rings is 1. The Kier molecular flexibility index (Phi) is 4.63. The summed E-state index contributed by atoms with van der Waals surface area (Å²) < 4.78 is 11.7. The van der Waals surface area contributed by atoms with E-state index in [-0.39, 0.29) is 5.91 Å². The second-order valence-corrected chi connectivity index (χ2v) is 7.02. The summed E-state index contributed by atoms with van der Waals surface area (Å²) in [6.45, 7) is 6.17. The van der Waals surface area contributed by atoms with E-state index in [2.05, 4.69) is 17.2 Å². The molecule has 1 aromatic heterocycles. The average molecular weight is 341 g/mol. The minimum atomic E-state index is -0.949. The summed E-state index contributed by atoms with van der Waals surface area (Å²) in [7, 11) is 0. The summed E-state index contributed by atoms with van der Waals surface area (Å²) in [5, 5.41) is 2.73. The molecule has 6 nitrogen and oxygen atoms in total. The third-order valence-electron chi connectivity index (χ3n) is 3.96. The van der Waals surface area contributed by atoms with Crippen LogP contribution in [0.2, 0.25) is 0 Å². The Labute approximate surface area is 147 Å². The number of anilines is 1. The summed E-state index contributed by atoms with van der Waals surface area (Å²) in [5.41, 5.74) is 6.45. The average Bonchev–Trinajstić information content (AvgIpc) is 2.56. The van der Waals surface area contributed by atoms with Gasteiger partial charge in [0.2, 0.25) is 11.8 Å². The van der Waals surface area contributed by atoms with Gasteiger partial charge in [-0.1, -0.05) is 13.0 Å². The lowest BCUT2D eigenvalue weighted by atomic mass is 9.98. The first-order valence-electron chi connectivity index (χ1n) is 8.32. The van der Waals surface area contributed by atoms with E-state index < -0.39 is 5.54 Å². The lowest BCUT2D eigenvalue weighted by Crippen LogP contribution is -2.45. The van der Waals surface area contributed by atoms with Crippen LogP contribution in [0.4, 0.5) is 5.69 Å². The third-order valence-corrected chi connectivity index (χ3v) is 3.96. The standard InChI is InChI=1S/C19H23N3O3/c1-12-9-14-15(24-11-12)5-4-6-16(14)25-17-8-7-13(10-21-17)22-18(23)19(2,3)20/h4-8,10,12H,9,11,20H2,1-3H3,(H,22,23). The van der Waals surface area contributed by atoms with Crippen LogP contribution in [0.15, 0.2) is 36.5 Å². The summed E-state index contributed by atoms with van der Waals surface area (Å²) in [5.74, 6) is 2.24. The Balaban J connectivity index is 1.73. The van der Waals surface area contributed by atoms with Crippen molar-refractivity contribution in [2.75, 3.05) is 11.9 Å². The van der Waals surface area contributed by atoms with Crippen LogP contribution < -0.4 is 20.5 Å². The molecule has 0 spiro atoms. The van der Waals surface area contributed by atoms with E-state index in [1.54, 1.807) is 32.2 Å². The zero-order valence-corrected chi connectivity index (χ0v) is 14.7. The molecule has 2 aromatic rings. The molecule has 1 aliphatic rings. The van der Waals surface area contributed by atoms with Gasteiger partial charge in [-0.3, -0.25) is 4.79 Å². The molecule has 0 aliphatic carbocycles. The fourth-order valence-electron chi connectivity index (χ4n) is 2.54. The maximum absolute atomic E-state index is 11.9. The first-order valence-corrected chi connectivity index (χ1v) is 8.32. The van der Waals surface area contributed by atoms with Gasteiger partial charge in [0.05, 0.1) is 24.0 Å². The number of carbonyl (C=O) groups is 1. The normalized spacial score (nSPS) is 16.6. The Morgan fingerprint density at radius 3 is 2.84 bits per heavy atom. The van der Waals surface area contributed by atoms with Crippen LogP contribution in [-0.2, 0) is 11.2 Å². The third kappa shape index (κ3) is 4.09. The van der Waals surface area contributed by atoms with Gasteiger partial charge in [0.25, 0.3) is 0 Å². The number of pyridine rings is 1. The molecule has 1 aromatic carbocycles. The molecule has 1 unspecified atom stereocenters. The number of hydrogen-bond acceptors (Lipinski definition) is 5. The molecule has 2 heterocycles. The minimum absolute atomic E-state index is 0.272. The van der Waals surface area contributed by atoms with Gasteiger partial charge in [-0.25, -0.2) is 4.98 Å². The van der Waals surface area contributed by atoms with Gasteiger partial charge in [-0.2, -0.15) is 0 Å². The second kappa shape index (κ2) is 6.72. The van der Waals surface area contributed by atoms with E-state index in [9.17, 15) is 4.79 Å². The predicted octanol–water partition coefficient (Wildman–Crippen LogP) is 3.12. The first-order chi connectivity index (χ1) is 11.8. The van der Waals surface area contributed by atoms with Gasteiger partial charge in [0, 0.05) is 11.6 Å². The molecule has 1 amide bonds. The van der Waals surface area contributed by atoms with Crippen molar-refractivity contribution in [3.63, 3.8) is 0 Å². The highest BCUT2D eigenvalue weighted by Crippen LogP contribution is 2.36. The zero-order valence-electron chi connectivity index (χ0n) is 14.7. The van der Waals surface area contributed by atoms with Crippen LogP contribution in [0.25, 0.3) is 0 Å². The molecular weight excluding hydrogens is 318 g/mol. The van der Waals surface area contributed by atoms with E-state index in [1.165, 1.54) is 0 Å². The van der Waals surface area contributed by atoms with Gasteiger partial charge in [-0.05, 0) is 44.4 Å². The summed E-state index contributed by atoms with van der Waals surface area (Å²) in [4.78, 5) is 16.2. The van der Waals surface area contributed by atoms with Crippen LogP contribution in [0.5, 0.6) is 17.4 Å². The van der Waals surface area contributed by atoms with Crippen LogP contribution in [0, 0.1) is 5.92 Å². The van der Waals surface area contributed by atoms with Crippen LogP contribution in [0.1, 0.15) is 26.3 Å². The number of hydrogen-bond donors (Lipinski definition) is 2. The highest BCUT2D eigenvalue weighted by Gasteiger charge is 2.22. The van der Waals surface area contributed by atoms with Crippen molar-refractivity contribution in [2.45, 2.75) is 32.7 Å². The van der Waals surface area contributed by atoms with Crippen LogP contribution in [-0.4, -0.2) is 23.0 Å². The number of nitrogens with one attached hydrogen (secondary N) is 1. The highest BCUT2D eigenvalue weighted by molar-refractivity contribution is 5.97. The summed E-state index contributed by atoms with van der Waals surface area (Å²) in [6.07, 6.45) is 2.46. The number of rotatable bonds is 4. The fourth-order valence-corrected chi connectivity index (χ4v) is 2.54. The van der Waals surface area contributed by atoms with Crippen LogP contribution >= 0.6 is 0 Å².